The molecule has 0 spiro atoms. The summed E-state index contributed by atoms with van der Waals surface area (Å²) in [5.41, 5.74) is 4.02. The van der Waals surface area contributed by atoms with Gasteiger partial charge in [0.1, 0.15) is 17.1 Å². The molecule has 3 heterocycles. The molecule has 1 amide bonds. The summed E-state index contributed by atoms with van der Waals surface area (Å²) in [5, 5.41) is 9.11. The first-order valence-electron chi connectivity index (χ1n) is 10.1. The van der Waals surface area contributed by atoms with Crippen LogP contribution in [-0.4, -0.2) is 28.0 Å². The van der Waals surface area contributed by atoms with Crippen LogP contribution in [0.25, 0.3) is 20.4 Å². The van der Waals surface area contributed by atoms with Gasteiger partial charge in [-0.15, -0.1) is 11.3 Å². The van der Waals surface area contributed by atoms with E-state index in [0.717, 1.165) is 20.5 Å². The second-order valence-electron chi connectivity index (χ2n) is 7.52. The second-order valence-corrected chi connectivity index (χ2v) is 10.2. The Bertz CT molecular complexity index is 1580. The maximum atomic E-state index is 13.2. The van der Waals surface area contributed by atoms with Gasteiger partial charge in [0, 0.05) is 5.38 Å². The molecule has 0 unspecified atom stereocenters. The van der Waals surface area contributed by atoms with Crippen molar-refractivity contribution in [2.45, 2.75) is 13.8 Å². The summed E-state index contributed by atoms with van der Waals surface area (Å²) in [6, 6.07) is 7.83. The predicted molar refractivity (Wildman–Crippen MR) is 141 cm³/mol. The first-order valence-corrected chi connectivity index (χ1v) is 12.5. The van der Waals surface area contributed by atoms with E-state index in [1.54, 1.807) is 11.4 Å². The summed E-state index contributed by atoms with van der Waals surface area (Å²) < 4.78 is 7.11. The Morgan fingerprint density at radius 3 is 2.74 bits per heavy atom. The lowest BCUT2D eigenvalue weighted by molar-refractivity contribution is 0.102. The summed E-state index contributed by atoms with van der Waals surface area (Å²) in [6.45, 7) is 3.86. The predicted octanol–water partition coefficient (Wildman–Crippen LogP) is 7.23. The van der Waals surface area contributed by atoms with Crippen molar-refractivity contribution < 1.29 is 9.53 Å². The minimum absolute atomic E-state index is 0.231. The monoisotopic (exact) mass is 529 g/mol. The molecule has 0 saturated heterocycles. The number of anilines is 3. The van der Waals surface area contributed by atoms with Gasteiger partial charge >= 0.3 is 0 Å². The number of hydrogen-bond acceptors (Lipinski definition) is 8. The van der Waals surface area contributed by atoms with Crippen molar-refractivity contribution in [3.05, 3.63) is 62.7 Å². The van der Waals surface area contributed by atoms with Crippen molar-refractivity contribution in [3.8, 4) is 5.75 Å². The molecule has 0 aliphatic rings. The number of carbonyl (C=O) groups excluding carboxylic acids is 1. The van der Waals surface area contributed by atoms with Crippen LogP contribution in [0.15, 0.2) is 36.0 Å². The highest BCUT2D eigenvalue weighted by Gasteiger charge is 2.21. The second kappa shape index (κ2) is 8.99. The highest BCUT2D eigenvalue weighted by molar-refractivity contribution is 7.22. The normalized spacial score (nSPS) is 11.2. The molecule has 0 atom stereocenters. The van der Waals surface area contributed by atoms with Crippen LogP contribution in [0.4, 0.5) is 16.6 Å². The molecular formula is C23H17Cl2N5O2S2. The third-order valence-corrected chi connectivity index (χ3v) is 7.95. The van der Waals surface area contributed by atoms with E-state index in [4.69, 9.17) is 27.9 Å². The van der Waals surface area contributed by atoms with Gasteiger partial charge in [-0.2, -0.15) is 0 Å². The average molecular weight is 530 g/mol. The van der Waals surface area contributed by atoms with E-state index in [2.05, 4.69) is 31.7 Å². The molecule has 2 N–H and O–H groups in total. The number of amides is 1. The van der Waals surface area contributed by atoms with E-state index in [-0.39, 0.29) is 10.9 Å². The summed E-state index contributed by atoms with van der Waals surface area (Å²) in [7, 11) is 1.50. The molecule has 5 rings (SSSR count). The number of benzene rings is 2. The Hall–Kier alpha value is -2.98. The molecule has 2 aromatic carbocycles. The van der Waals surface area contributed by atoms with E-state index in [0.29, 0.717) is 38.5 Å². The number of aryl methyl sites for hydroxylation is 2. The van der Waals surface area contributed by atoms with Gasteiger partial charge in [0.05, 0.1) is 43.8 Å². The number of carbonyl (C=O) groups is 1. The zero-order valence-electron chi connectivity index (χ0n) is 18.2. The number of hydrogen-bond donors (Lipinski definition) is 2. The highest BCUT2D eigenvalue weighted by Crippen LogP contribution is 2.41. The van der Waals surface area contributed by atoms with Crippen molar-refractivity contribution in [2.24, 2.45) is 0 Å². The zero-order valence-corrected chi connectivity index (χ0v) is 21.3. The molecule has 5 aromatic rings. The van der Waals surface area contributed by atoms with Gasteiger partial charge in [0.25, 0.3) is 5.91 Å². The highest BCUT2D eigenvalue weighted by atomic mass is 35.5. The van der Waals surface area contributed by atoms with Crippen LogP contribution < -0.4 is 15.4 Å². The first kappa shape index (κ1) is 22.8. The Balaban J connectivity index is 1.47. The fraction of sp³-hybridized carbons (Fsp3) is 0.130. The number of nitrogens with one attached hydrogen (secondary N) is 2. The van der Waals surface area contributed by atoms with E-state index in [1.165, 1.54) is 41.7 Å². The fourth-order valence-electron chi connectivity index (χ4n) is 3.47. The van der Waals surface area contributed by atoms with Crippen LogP contribution in [0.1, 0.15) is 21.5 Å². The van der Waals surface area contributed by atoms with E-state index in [9.17, 15) is 4.79 Å². The van der Waals surface area contributed by atoms with Crippen LogP contribution in [0, 0.1) is 13.8 Å². The minimum Gasteiger partial charge on any atom is -0.495 e. The lowest BCUT2D eigenvalue weighted by Gasteiger charge is -2.14. The topological polar surface area (TPSA) is 89.0 Å². The van der Waals surface area contributed by atoms with Crippen molar-refractivity contribution >= 4 is 88.9 Å². The Morgan fingerprint density at radius 2 is 1.94 bits per heavy atom. The number of rotatable bonds is 5. The van der Waals surface area contributed by atoms with Crippen LogP contribution in [-0.2, 0) is 0 Å². The van der Waals surface area contributed by atoms with Crippen LogP contribution >= 0.6 is 45.9 Å². The third-order valence-electron chi connectivity index (χ3n) is 5.18. The SMILES string of the molecule is COc1cc(C)c(Cl)c(NC(=O)c2csc3c(Nc4nc5ccc(C)cc5s4)ncnc23)c1Cl. The lowest BCUT2D eigenvalue weighted by atomic mass is 10.2. The molecule has 7 nitrogen and oxygen atoms in total. The number of fused-ring (bicyclic) bond motifs is 2. The fourth-order valence-corrected chi connectivity index (χ4v) is 5.89. The summed E-state index contributed by atoms with van der Waals surface area (Å²) >= 11 is 15.7. The average Bonchev–Trinajstić information content (AvgIpc) is 3.43. The van der Waals surface area contributed by atoms with Crippen molar-refractivity contribution in [1.82, 2.24) is 15.0 Å². The number of halogens is 2. The summed E-state index contributed by atoms with van der Waals surface area (Å²) in [4.78, 5) is 26.5. The molecule has 3 aromatic heterocycles. The summed E-state index contributed by atoms with van der Waals surface area (Å²) in [5.74, 6) is 0.620. The van der Waals surface area contributed by atoms with Crippen molar-refractivity contribution in [3.63, 3.8) is 0 Å². The van der Waals surface area contributed by atoms with Crippen molar-refractivity contribution in [1.29, 1.82) is 0 Å². The standard InChI is InChI=1S/C23H17Cl2N5O2S2/c1-10-4-5-13-15(6-10)34-23(28-13)30-21-20-18(26-9-27-21)12(8-33-20)22(31)29-19-16(24)11(2)7-14(32-3)17(19)25/h4-9H,1-3H3,(H,29,31)(H,26,27,28,30). The van der Waals surface area contributed by atoms with Gasteiger partial charge in [-0.3, -0.25) is 4.79 Å². The van der Waals surface area contributed by atoms with Gasteiger partial charge in [0.15, 0.2) is 10.9 Å². The largest absolute Gasteiger partial charge is 0.495 e. The molecule has 0 radical (unpaired) electrons. The Morgan fingerprint density at radius 1 is 1.12 bits per heavy atom. The first-order chi connectivity index (χ1) is 16.4. The van der Waals surface area contributed by atoms with Gasteiger partial charge in [-0.05, 0) is 43.2 Å². The third kappa shape index (κ3) is 4.05. The quantitative estimate of drug-likeness (QED) is 0.249. The maximum absolute atomic E-state index is 13.2. The molecule has 11 heteroatoms. The number of thiophene rings is 1. The zero-order chi connectivity index (χ0) is 24.0. The molecule has 172 valence electrons. The van der Waals surface area contributed by atoms with Gasteiger partial charge in [-0.25, -0.2) is 15.0 Å². The van der Waals surface area contributed by atoms with E-state index < -0.39 is 0 Å². The van der Waals surface area contributed by atoms with Gasteiger partial charge in [0.2, 0.25) is 0 Å². The van der Waals surface area contributed by atoms with Crippen LogP contribution in [0.3, 0.4) is 0 Å². The Labute approximate surface area is 212 Å². The molecular weight excluding hydrogens is 513 g/mol. The lowest BCUT2D eigenvalue weighted by Crippen LogP contribution is -2.13. The Kier molecular flexibility index (Phi) is 6.03. The molecule has 0 fully saturated rings. The number of nitrogens with zero attached hydrogens (tertiary/aromatic N) is 3. The smallest absolute Gasteiger partial charge is 0.258 e. The van der Waals surface area contributed by atoms with Gasteiger partial charge < -0.3 is 15.4 Å². The number of methoxy groups -OCH3 is 1. The molecule has 34 heavy (non-hydrogen) atoms. The number of thiazole rings is 1. The van der Waals surface area contributed by atoms with Crippen LogP contribution in [0.5, 0.6) is 5.75 Å². The summed E-state index contributed by atoms with van der Waals surface area (Å²) in [6.07, 6.45) is 1.42. The molecule has 0 saturated carbocycles. The van der Waals surface area contributed by atoms with Crippen molar-refractivity contribution in [2.75, 3.05) is 17.7 Å². The molecule has 0 aliphatic carbocycles. The maximum Gasteiger partial charge on any atom is 0.258 e. The van der Waals surface area contributed by atoms with E-state index in [1.807, 2.05) is 26.0 Å². The van der Waals surface area contributed by atoms with Gasteiger partial charge in [-0.1, -0.05) is 40.6 Å². The molecule has 0 bridgehead atoms. The minimum atomic E-state index is -0.386. The van der Waals surface area contributed by atoms with E-state index >= 15 is 0 Å². The van der Waals surface area contributed by atoms with Crippen LogP contribution in [0.2, 0.25) is 10.0 Å². The molecule has 0 aliphatic heterocycles. The number of ether oxygens (including phenoxy) is 1. The number of aromatic nitrogens is 3.